The van der Waals surface area contributed by atoms with Gasteiger partial charge >= 0.3 is 0 Å². The average molecular weight is 304 g/mol. The fourth-order valence-corrected chi connectivity index (χ4v) is 2.53. The van der Waals surface area contributed by atoms with E-state index in [1.165, 1.54) is 0 Å². The second-order valence-electron chi connectivity index (χ2n) is 5.24. The lowest BCUT2D eigenvalue weighted by Crippen LogP contribution is -2.20. The van der Waals surface area contributed by atoms with Gasteiger partial charge in [-0.1, -0.05) is 12.1 Å². The number of hydrogen-bond acceptors (Lipinski definition) is 3. The Morgan fingerprint density at radius 1 is 1.13 bits per heavy atom. The molecule has 4 heteroatoms. The van der Waals surface area contributed by atoms with Gasteiger partial charge in [-0.25, -0.2) is 0 Å². The Morgan fingerprint density at radius 2 is 1.91 bits per heavy atom. The zero-order chi connectivity index (χ0) is 16.2. The molecule has 0 atom stereocenters. The molecule has 0 aliphatic rings. The minimum absolute atomic E-state index is 0.0325. The topological polar surface area (TPSA) is 55.0 Å². The molecule has 0 N–H and O–H groups in total. The highest BCUT2D eigenvalue weighted by molar-refractivity contribution is 5.82. The summed E-state index contributed by atoms with van der Waals surface area (Å²) in [6.07, 6.45) is 1.79. The molecule has 0 amide bonds. The van der Waals surface area contributed by atoms with Crippen molar-refractivity contribution in [1.82, 2.24) is 4.57 Å². The molecule has 0 fully saturated rings. The summed E-state index contributed by atoms with van der Waals surface area (Å²) in [5.41, 5.74) is 1.56. The maximum Gasteiger partial charge on any atom is 0.258 e. The van der Waals surface area contributed by atoms with Gasteiger partial charge in [0.2, 0.25) is 0 Å². The zero-order valence-electron chi connectivity index (χ0n) is 12.8. The number of aromatic nitrogens is 1. The molecule has 0 radical (unpaired) electrons. The van der Waals surface area contributed by atoms with Gasteiger partial charge < -0.3 is 9.30 Å². The third-order valence-corrected chi connectivity index (χ3v) is 3.70. The molecular weight excluding hydrogens is 288 g/mol. The molecule has 23 heavy (non-hydrogen) atoms. The largest absolute Gasteiger partial charge is 0.494 e. The van der Waals surface area contributed by atoms with E-state index in [1.54, 1.807) is 29.0 Å². The van der Waals surface area contributed by atoms with E-state index in [2.05, 4.69) is 6.07 Å². The Bertz CT molecular complexity index is 934. The summed E-state index contributed by atoms with van der Waals surface area (Å²) in [6.45, 7) is 3.01. The summed E-state index contributed by atoms with van der Waals surface area (Å²) in [5, 5.41) is 10.4. The highest BCUT2D eigenvalue weighted by Crippen LogP contribution is 2.18. The SMILES string of the molecule is CCOc1ccc2c(=O)n(Cc3ccc(C#N)cc3)ccc2c1. The smallest absolute Gasteiger partial charge is 0.258 e. The molecule has 0 saturated heterocycles. The summed E-state index contributed by atoms with van der Waals surface area (Å²) < 4.78 is 7.14. The summed E-state index contributed by atoms with van der Waals surface area (Å²) >= 11 is 0. The average Bonchev–Trinajstić information content (AvgIpc) is 2.58. The van der Waals surface area contributed by atoms with Crippen LogP contribution in [0.15, 0.2) is 59.5 Å². The first kappa shape index (κ1) is 14.9. The van der Waals surface area contributed by atoms with E-state index < -0.39 is 0 Å². The molecule has 0 spiro atoms. The van der Waals surface area contributed by atoms with Crippen LogP contribution in [0.1, 0.15) is 18.1 Å². The molecule has 3 rings (SSSR count). The Balaban J connectivity index is 1.95. The maximum absolute atomic E-state index is 12.6. The van der Waals surface area contributed by atoms with Crippen LogP contribution in [0.4, 0.5) is 0 Å². The van der Waals surface area contributed by atoms with Crippen molar-refractivity contribution in [2.45, 2.75) is 13.5 Å². The van der Waals surface area contributed by atoms with Crippen LogP contribution in [0, 0.1) is 11.3 Å². The number of fused-ring (bicyclic) bond motifs is 1. The summed E-state index contributed by atoms with van der Waals surface area (Å²) in [6, 6.07) is 16.8. The quantitative estimate of drug-likeness (QED) is 0.743. The summed E-state index contributed by atoms with van der Waals surface area (Å²) in [5.74, 6) is 0.768. The first-order valence-corrected chi connectivity index (χ1v) is 7.46. The van der Waals surface area contributed by atoms with E-state index in [4.69, 9.17) is 10.00 Å². The molecule has 114 valence electrons. The van der Waals surface area contributed by atoms with Gasteiger partial charge in [-0.05, 0) is 54.3 Å². The van der Waals surface area contributed by atoms with E-state index in [0.29, 0.717) is 24.1 Å². The van der Waals surface area contributed by atoms with Crippen molar-refractivity contribution < 1.29 is 4.74 Å². The van der Waals surface area contributed by atoms with E-state index in [0.717, 1.165) is 16.7 Å². The molecule has 0 unspecified atom stereocenters. The van der Waals surface area contributed by atoms with Gasteiger partial charge in [0.1, 0.15) is 5.75 Å². The Kier molecular flexibility index (Phi) is 4.11. The van der Waals surface area contributed by atoms with Crippen LogP contribution in [-0.4, -0.2) is 11.2 Å². The maximum atomic E-state index is 12.6. The number of rotatable bonds is 4. The fraction of sp³-hybridized carbons (Fsp3) is 0.158. The minimum atomic E-state index is -0.0325. The predicted octanol–water partition coefficient (Wildman–Crippen LogP) is 3.32. The standard InChI is InChI=1S/C19H16N2O2/c1-2-23-17-7-8-18-16(11-17)9-10-21(19(18)22)13-15-5-3-14(12-20)4-6-15/h3-11H,2,13H2,1H3. The fourth-order valence-electron chi connectivity index (χ4n) is 2.53. The second-order valence-corrected chi connectivity index (χ2v) is 5.24. The number of hydrogen-bond donors (Lipinski definition) is 0. The molecular formula is C19H16N2O2. The van der Waals surface area contributed by atoms with Crippen LogP contribution >= 0.6 is 0 Å². The number of benzene rings is 2. The molecule has 0 bridgehead atoms. The molecule has 0 aliphatic carbocycles. The van der Waals surface area contributed by atoms with Gasteiger partial charge in [-0.15, -0.1) is 0 Å². The van der Waals surface area contributed by atoms with Crippen LogP contribution in [0.25, 0.3) is 10.8 Å². The van der Waals surface area contributed by atoms with E-state index in [9.17, 15) is 4.79 Å². The highest BCUT2D eigenvalue weighted by Gasteiger charge is 2.05. The van der Waals surface area contributed by atoms with Crippen LogP contribution < -0.4 is 10.3 Å². The molecule has 1 heterocycles. The lowest BCUT2D eigenvalue weighted by Gasteiger charge is -2.09. The molecule has 4 nitrogen and oxygen atoms in total. The van der Waals surface area contributed by atoms with E-state index in [-0.39, 0.29) is 5.56 Å². The van der Waals surface area contributed by atoms with E-state index >= 15 is 0 Å². The lowest BCUT2D eigenvalue weighted by molar-refractivity contribution is 0.340. The van der Waals surface area contributed by atoms with Crippen molar-refractivity contribution >= 4 is 10.8 Å². The van der Waals surface area contributed by atoms with Crippen LogP contribution in [0.3, 0.4) is 0 Å². The number of nitriles is 1. The molecule has 1 aromatic heterocycles. The van der Waals surface area contributed by atoms with Gasteiger partial charge in [-0.3, -0.25) is 4.79 Å². The van der Waals surface area contributed by atoms with Gasteiger partial charge in [-0.2, -0.15) is 5.26 Å². The second kappa shape index (κ2) is 6.37. The van der Waals surface area contributed by atoms with Gasteiger partial charge in [0.25, 0.3) is 5.56 Å². The number of pyridine rings is 1. The number of ether oxygens (including phenoxy) is 1. The van der Waals surface area contributed by atoms with Crippen molar-refractivity contribution in [1.29, 1.82) is 5.26 Å². The van der Waals surface area contributed by atoms with Gasteiger partial charge in [0, 0.05) is 11.6 Å². The zero-order valence-corrected chi connectivity index (χ0v) is 12.8. The van der Waals surface area contributed by atoms with Crippen molar-refractivity contribution in [3.63, 3.8) is 0 Å². The van der Waals surface area contributed by atoms with Gasteiger partial charge in [0.05, 0.1) is 24.8 Å². The number of nitrogens with zero attached hydrogens (tertiary/aromatic N) is 2. The highest BCUT2D eigenvalue weighted by atomic mass is 16.5. The van der Waals surface area contributed by atoms with E-state index in [1.807, 2.05) is 37.3 Å². The van der Waals surface area contributed by atoms with Crippen LogP contribution in [0.2, 0.25) is 0 Å². The summed E-state index contributed by atoms with van der Waals surface area (Å²) in [7, 11) is 0. The van der Waals surface area contributed by atoms with Gasteiger partial charge in [0.15, 0.2) is 0 Å². The first-order chi connectivity index (χ1) is 11.2. The third-order valence-electron chi connectivity index (χ3n) is 3.70. The van der Waals surface area contributed by atoms with Crippen LogP contribution in [-0.2, 0) is 6.54 Å². The lowest BCUT2D eigenvalue weighted by atomic mass is 10.1. The molecule has 2 aromatic carbocycles. The first-order valence-electron chi connectivity index (χ1n) is 7.46. The monoisotopic (exact) mass is 304 g/mol. The van der Waals surface area contributed by atoms with Crippen molar-refractivity contribution in [2.24, 2.45) is 0 Å². The molecule has 0 saturated carbocycles. The Hall–Kier alpha value is -3.06. The normalized spacial score (nSPS) is 10.4. The van der Waals surface area contributed by atoms with Crippen molar-refractivity contribution in [2.75, 3.05) is 6.61 Å². The summed E-state index contributed by atoms with van der Waals surface area (Å²) in [4.78, 5) is 12.6. The van der Waals surface area contributed by atoms with Crippen molar-refractivity contribution in [3.05, 3.63) is 76.2 Å². The Labute approximate surface area is 134 Å². The third kappa shape index (κ3) is 3.09. The molecule has 0 aliphatic heterocycles. The molecule has 3 aromatic rings. The van der Waals surface area contributed by atoms with Crippen molar-refractivity contribution in [3.8, 4) is 11.8 Å². The van der Waals surface area contributed by atoms with Crippen LogP contribution in [0.5, 0.6) is 5.75 Å². The predicted molar refractivity (Wildman–Crippen MR) is 89.6 cm³/mol. The Morgan fingerprint density at radius 3 is 2.61 bits per heavy atom. The minimum Gasteiger partial charge on any atom is -0.494 e.